The zero-order chi connectivity index (χ0) is 16.9. The number of aromatic nitrogens is 1. The molecule has 1 amide bonds. The Morgan fingerprint density at radius 2 is 1.83 bits per heavy atom. The number of amides is 1. The van der Waals surface area contributed by atoms with Gasteiger partial charge in [0.15, 0.2) is 12.4 Å². The van der Waals surface area contributed by atoms with Crippen LogP contribution in [-0.4, -0.2) is 48.6 Å². The highest BCUT2D eigenvalue weighted by molar-refractivity contribution is 5.78. The molecule has 0 radical (unpaired) electrons. The van der Waals surface area contributed by atoms with Crippen molar-refractivity contribution in [3.05, 3.63) is 58.5 Å². The van der Waals surface area contributed by atoms with Crippen LogP contribution in [0.3, 0.4) is 0 Å². The van der Waals surface area contributed by atoms with Crippen LogP contribution in [-0.2, 0) is 4.79 Å². The molecule has 0 unspecified atom stereocenters. The van der Waals surface area contributed by atoms with E-state index in [4.69, 9.17) is 4.74 Å². The lowest BCUT2D eigenvalue weighted by Crippen LogP contribution is -2.50. The smallest absolute Gasteiger partial charge is 0.260 e. The van der Waals surface area contributed by atoms with E-state index < -0.39 is 0 Å². The first kappa shape index (κ1) is 16.1. The summed E-state index contributed by atoms with van der Waals surface area (Å²) in [4.78, 5) is 31.0. The molecule has 1 aliphatic rings. The van der Waals surface area contributed by atoms with Gasteiger partial charge in [0.05, 0.1) is 5.69 Å². The number of aromatic amines is 1. The highest BCUT2D eigenvalue weighted by Gasteiger charge is 2.22. The molecular weight excluding hydrogens is 306 g/mol. The Labute approximate surface area is 140 Å². The van der Waals surface area contributed by atoms with Crippen molar-refractivity contribution in [2.45, 2.75) is 6.92 Å². The molecule has 2 heterocycles. The molecule has 1 aromatic heterocycles. The number of rotatable bonds is 4. The van der Waals surface area contributed by atoms with Crippen LogP contribution in [0.5, 0.6) is 5.75 Å². The predicted molar refractivity (Wildman–Crippen MR) is 92.5 cm³/mol. The molecule has 1 fully saturated rings. The molecule has 1 N–H and O–H groups in total. The Kier molecular flexibility index (Phi) is 4.84. The quantitative estimate of drug-likeness (QED) is 0.922. The summed E-state index contributed by atoms with van der Waals surface area (Å²) in [6.45, 7) is 4.53. The van der Waals surface area contributed by atoms with E-state index in [0.29, 0.717) is 18.8 Å². The highest BCUT2D eigenvalue weighted by Crippen LogP contribution is 2.15. The molecule has 126 valence electrons. The van der Waals surface area contributed by atoms with Gasteiger partial charge in [-0.2, -0.15) is 0 Å². The van der Waals surface area contributed by atoms with Gasteiger partial charge < -0.3 is 19.5 Å². The summed E-state index contributed by atoms with van der Waals surface area (Å²) in [7, 11) is 0. The van der Waals surface area contributed by atoms with Crippen LogP contribution < -0.4 is 15.1 Å². The fourth-order valence-corrected chi connectivity index (χ4v) is 2.83. The number of nitrogens with zero attached hydrogens (tertiary/aromatic N) is 2. The minimum absolute atomic E-state index is 0.0923. The minimum Gasteiger partial charge on any atom is -0.478 e. The van der Waals surface area contributed by atoms with Crippen molar-refractivity contribution in [1.82, 2.24) is 9.88 Å². The number of carbonyl (C=O) groups is 1. The molecule has 0 bridgehead atoms. The van der Waals surface area contributed by atoms with Crippen LogP contribution in [0, 0.1) is 6.92 Å². The number of piperazine rings is 1. The van der Waals surface area contributed by atoms with Gasteiger partial charge in [0.2, 0.25) is 5.43 Å². The van der Waals surface area contributed by atoms with Gasteiger partial charge in [-0.15, -0.1) is 0 Å². The number of anilines is 1. The number of aryl methyl sites for hydroxylation is 1. The summed E-state index contributed by atoms with van der Waals surface area (Å²) in [5.74, 6) is 0.124. The third kappa shape index (κ3) is 3.59. The van der Waals surface area contributed by atoms with E-state index in [1.54, 1.807) is 18.0 Å². The van der Waals surface area contributed by atoms with Crippen LogP contribution >= 0.6 is 0 Å². The Morgan fingerprint density at radius 3 is 2.50 bits per heavy atom. The number of pyridine rings is 1. The summed E-state index contributed by atoms with van der Waals surface area (Å²) in [6.07, 6.45) is 1.56. The van der Waals surface area contributed by atoms with Crippen molar-refractivity contribution < 1.29 is 9.53 Å². The standard InChI is InChI=1S/C18H21N3O3/c1-14-18(16(22)7-8-19-14)24-13-17(23)21-11-9-20(10-12-21)15-5-3-2-4-6-15/h2-8H,9-13H2,1H3,(H,19,22). The number of ether oxygens (including phenoxy) is 1. The molecule has 3 rings (SSSR count). The lowest BCUT2D eigenvalue weighted by Gasteiger charge is -2.36. The monoisotopic (exact) mass is 327 g/mol. The second-order valence-corrected chi connectivity index (χ2v) is 5.79. The van der Waals surface area contributed by atoms with Crippen molar-refractivity contribution in [2.24, 2.45) is 0 Å². The van der Waals surface area contributed by atoms with Gasteiger partial charge >= 0.3 is 0 Å². The number of carbonyl (C=O) groups excluding carboxylic acids is 1. The van der Waals surface area contributed by atoms with Crippen LogP contribution in [0.25, 0.3) is 0 Å². The first-order valence-corrected chi connectivity index (χ1v) is 8.04. The predicted octanol–water partition coefficient (Wildman–Crippen LogP) is 1.41. The molecule has 0 aliphatic carbocycles. The molecule has 1 aromatic carbocycles. The number of hydrogen-bond acceptors (Lipinski definition) is 4. The zero-order valence-electron chi connectivity index (χ0n) is 13.7. The second-order valence-electron chi connectivity index (χ2n) is 5.79. The summed E-state index contributed by atoms with van der Waals surface area (Å²) in [6, 6.07) is 11.6. The number of benzene rings is 1. The molecular formula is C18H21N3O3. The second kappa shape index (κ2) is 7.21. The molecule has 0 spiro atoms. The maximum Gasteiger partial charge on any atom is 0.260 e. The fourth-order valence-electron chi connectivity index (χ4n) is 2.83. The average Bonchev–Trinajstić information content (AvgIpc) is 2.62. The summed E-state index contributed by atoms with van der Waals surface area (Å²) < 4.78 is 5.45. The highest BCUT2D eigenvalue weighted by atomic mass is 16.5. The van der Waals surface area contributed by atoms with E-state index >= 15 is 0 Å². The molecule has 0 atom stereocenters. The Morgan fingerprint density at radius 1 is 1.12 bits per heavy atom. The number of hydrogen-bond donors (Lipinski definition) is 1. The maximum atomic E-state index is 12.3. The van der Waals surface area contributed by atoms with Gasteiger partial charge in [0, 0.05) is 44.1 Å². The van der Waals surface area contributed by atoms with Gasteiger partial charge in [0.1, 0.15) is 0 Å². The average molecular weight is 327 g/mol. The number of nitrogens with one attached hydrogen (secondary N) is 1. The van der Waals surface area contributed by atoms with Gasteiger partial charge in [-0.25, -0.2) is 0 Å². The van der Waals surface area contributed by atoms with E-state index in [1.807, 2.05) is 18.2 Å². The largest absolute Gasteiger partial charge is 0.478 e. The first-order chi connectivity index (χ1) is 11.6. The van der Waals surface area contributed by atoms with Crippen molar-refractivity contribution in [2.75, 3.05) is 37.7 Å². The van der Waals surface area contributed by atoms with Crippen LogP contribution in [0.4, 0.5) is 5.69 Å². The molecule has 1 aliphatic heterocycles. The van der Waals surface area contributed by atoms with Crippen molar-refractivity contribution in [3.63, 3.8) is 0 Å². The van der Waals surface area contributed by atoms with Crippen molar-refractivity contribution >= 4 is 11.6 Å². The topological polar surface area (TPSA) is 65.6 Å². The van der Waals surface area contributed by atoms with Crippen LogP contribution in [0.1, 0.15) is 5.69 Å². The third-order valence-electron chi connectivity index (χ3n) is 4.19. The molecule has 6 heteroatoms. The van der Waals surface area contributed by atoms with Gasteiger partial charge in [0.25, 0.3) is 5.91 Å². The Balaban J connectivity index is 1.53. The minimum atomic E-state index is -0.215. The van der Waals surface area contributed by atoms with Crippen molar-refractivity contribution in [3.8, 4) is 5.75 Å². The summed E-state index contributed by atoms with van der Waals surface area (Å²) in [5.41, 5.74) is 1.59. The van der Waals surface area contributed by atoms with E-state index in [1.165, 1.54) is 11.8 Å². The van der Waals surface area contributed by atoms with Crippen molar-refractivity contribution in [1.29, 1.82) is 0 Å². The van der Waals surface area contributed by atoms with Crippen LogP contribution in [0.2, 0.25) is 0 Å². The maximum absolute atomic E-state index is 12.3. The summed E-state index contributed by atoms with van der Waals surface area (Å²) in [5, 5.41) is 0. The fraction of sp³-hybridized carbons (Fsp3) is 0.333. The van der Waals surface area contributed by atoms with Gasteiger partial charge in [-0.1, -0.05) is 18.2 Å². The third-order valence-corrected chi connectivity index (χ3v) is 4.19. The number of para-hydroxylation sites is 1. The normalized spacial score (nSPS) is 14.5. The molecule has 1 saturated heterocycles. The summed E-state index contributed by atoms with van der Waals surface area (Å²) >= 11 is 0. The Hall–Kier alpha value is -2.76. The lowest BCUT2D eigenvalue weighted by atomic mass is 10.2. The first-order valence-electron chi connectivity index (χ1n) is 8.04. The molecule has 2 aromatic rings. The number of H-pyrrole nitrogens is 1. The zero-order valence-corrected chi connectivity index (χ0v) is 13.7. The molecule has 24 heavy (non-hydrogen) atoms. The lowest BCUT2D eigenvalue weighted by molar-refractivity contribution is -0.133. The van der Waals surface area contributed by atoms with Gasteiger partial charge in [-0.3, -0.25) is 9.59 Å². The molecule has 6 nitrogen and oxygen atoms in total. The van der Waals surface area contributed by atoms with Crippen LogP contribution in [0.15, 0.2) is 47.4 Å². The van der Waals surface area contributed by atoms with E-state index in [-0.39, 0.29) is 23.7 Å². The van der Waals surface area contributed by atoms with E-state index in [0.717, 1.165) is 13.1 Å². The van der Waals surface area contributed by atoms with E-state index in [2.05, 4.69) is 22.0 Å². The van der Waals surface area contributed by atoms with Gasteiger partial charge in [-0.05, 0) is 19.1 Å². The Bertz CT molecular complexity index is 750. The molecule has 0 saturated carbocycles. The van der Waals surface area contributed by atoms with E-state index in [9.17, 15) is 9.59 Å². The SMILES string of the molecule is Cc1[nH]ccc(=O)c1OCC(=O)N1CCN(c2ccccc2)CC1.